The van der Waals surface area contributed by atoms with Crippen molar-refractivity contribution in [3.8, 4) is 0 Å². The molecule has 136 valence electrons. The molecule has 1 aliphatic rings. The molecule has 3 amide bonds. The Morgan fingerprint density at radius 1 is 1.12 bits per heavy atom. The summed E-state index contributed by atoms with van der Waals surface area (Å²) in [6, 6.07) is 15.2. The average molecular weight is 355 g/mol. The van der Waals surface area contributed by atoms with Gasteiger partial charge in [-0.05, 0) is 29.8 Å². The first-order chi connectivity index (χ1) is 12.5. The van der Waals surface area contributed by atoms with Gasteiger partial charge in [0, 0.05) is 18.4 Å². The van der Waals surface area contributed by atoms with E-state index >= 15 is 0 Å². The number of carbonyl (C=O) groups is 2. The zero-order chi connectivity index (χ0) is 18.5. The zero-order valence-corrected chi connectivity index (χ0v) is 14.4. The Labute approximate surface area is 151 Å². The molecule has 1 saturated heterocycles. The summed E-state index contributed by atoms with van der Waals surface area (Å²) >= 11 is 0. The minimum Gasteiger partial charge on any atom is -0.386 e. The molecule has 3 N–H and O–H groups in total. The van der Waals surface area contributed by atoms with Gasteiger partial charge in [0.05, 0.1) is 12.6 Å². The highest BCUT2D eigenvalue weighted by atomic mass is 16.5. The molecule has 0 spiro atoms. The smallest absolute Gasteiger partial charge is 0.323 e. The summed E-state index contributed by atoms with van der Waals surface area (Å²) < 4.78 is 5.22. The summed E-state index contributed by atoms with van der Waals surface area (Å²) in [6.07, 6.45) is -0.864. The number of carbonyl (C=O) groups excluding carboxylic acids is 2. The van der Waals surface area contributed by atoms with Crippen molar-refractivity contribution in [1.29, 1.82) is 0 Å². The van der Waals surface area contributed by atoms with E-state index in [0.717, 1.165) is 0 Å². The van der Waals surface area contributed by atoms with Crippen LogP contribution in [-0.2, 0) is 9.53 Å². The molecule has 2 aromatic carbocycles. The van der Waals surface area contributed by atoms with Gasteiger partial charge in [-0.15, -0.1) is 0 Å². The lowest BCUT2D eigenvalue weighted by atomic mass is 10.0. The lowest BCUT2D eigenvalue weighted by molar-refractivity contribution is -0.151. The van der Waals surface area contributed by atoms with Gasteiger partial charge < -0.3 is 25.4 Å². The highest BCUT2D eigenvalue weighted by molar-refractivity contribution is 5.99. The van der Waals surface area contributed by atoms with Gasteiger partial charge in [-0.2, -0.15) is 0 Å². The minimum absolute atomic E-state index is 0.0408. The van der Waals surface area contributed by atoms with Gasteiger partial charge in [-0.25, -0.2) is 4.79 Å². The second-order valence-electron chi connectivity index (χ2n) is 6.10. The van der Waals surface area contributed by atoms with E-state index in [2.05, 4.69) is 10.6 Å². The number of nitrogens with zero attached hydrogens (tertiary/aromatic N) is 1. The SMILES string of the molecule is CN1C(=O)COCC1C(O)c1ccc(NC(=O)Nc2ccccc2)cc1. The minimum atomic E-state index is -0.864. The van der Waals surface area contributed by atoms with Crippen LogP contribution in [0.15, 0.2) is 54.6 Å². The second kappa shape index (κ2) is 7.99. The molecule has 1 heterocycles. The number of likely N-dealkylation sites (N-methyl/N-ethyl adjacent to an activating group) is 1. The van der Waals surface area contributed by atoms with Gasteiger partial charge in [0.15, 0.2) is 0 Å². The maximum atomic E-state index is 12.0. The summed E-state index contributed by atoms with van der Waals surface area (Å²) in [4.78, 5) is 25.2. The van der Waals surface area contributed by atoms with Gasteiger partial charge >= 0.3 is 6.03 Å². The molecule has 2 aromatic rings. The number of urea groups is 1. The van der Waals surface area contributed by atoms with Crippen molar-refractivity contribution in [2.24, 2.45) is 0 Å². The van der Waals surface area contributed by atoms with Crippen molar-refractivity contribution in [3.63, 3.8) is 0 Å². The van der Waals surface area contributed by atoms with E-state index in [0.29, 0.717) is 16.9 Å². The number of amides is 3. The van der Waals surface area contributed by atoms with Crippen molar-refractivity contribution >= 4 is 23.3 Å². The van der Waals surface area contributed by atoms with E-state index < -0.39 is 12.1 Å². The molecular weight excluding hydrogens is 334 g/mol. The van der Waals surface area contributed by atoms with E-state index in [1.165, 1.54) is 4.90 Å². The van der Waals surface area contributed by atoms with Gasteiger partial charge in [-0.3, -0.25) is 4.79 Å². The number of hydrogen-bond acceptors (Lipinski definition) is 4. The average Bonchev–Trinajstić information content (AvgIpc) is 2.65. The number of rotatable bonds is 4. The lowest BCUT2D eigenvalue weighted by Gasteiger charge is -2.35. The van der Waals surface area contributed by atoms with Gasteiger partial charge in [0.2, 0.25) is 5.91 Å². The fourth-order valence-electron chi connectivity index (χ4n) is 2.77. The fourth-order valence-corrected chi connectivity index (χ4v) is 2.77. The topological polar surface area (TPSA) is 90.9 Å². The molecule has 0 aromatic heterocycles. The van der Waals surface area contributed by atoms with Crippen LogP contribution in [-0.4, -0.2) is 48.2 Å². The van der Waals surface area contributed by atoms with Gasteiger partial charge in [-0.1, -0.05) is 30.3 Å². The Morgan fingerprint density at radius 3 is 2.38 bits per heavy atom. The second-order valence-corrected chi connectivity index (χ2v) is 6.10. The Kier molecular flexibility index (Phi) is 5.50. The molecule has 2 atom stereocenters. The lowest BCUT2D eigenvalue weighted by Crippen LogP contribution is -2.49. The number of para-hydroxylation sites is 1. The summed E-state index contributed by atoms with van der Waals surface area (Å²) in [7, 11) is 1.66. The van der Waals surface area contributed by atoms with E-state index in [9.17, 15) is 14.7 Å². The van der Waals surface area contributed by atoms with Crippen molar-refractivity contribution in [2.45, 2.75) is 12.1 Å². The van der Waals surface area contributed by atoms with Crippen LogP contribution in [0.4, 0.5) is 16.2 Å². The van der Waals surface area contributed by atoms with Crippen LogP contribution in [0.2, 0.25) is 0 Å². The number of anilines is 2. The monoisotopic (exact) mass is 355 g/mol. The molecule has 3 rings (SSSR count). The van der Waals surface area contributed by atoms with Gasteiger partial charge in [0.1, 0.15) is 12.7 Å². The number of hydrogen-bond donors (Lipinski definition) is 3. The van der Waals surface area contributed by atoms with Gasteiger partial charge in [0.25, 0.3) is 0 Å². The molecule has 7 heteroatoms. The summed E-state index contributed by atoms with van der Waals surface area (Å²) in [5, 5.41) is 16.0. The Bertz CT molecular complexity index is 764. The van der Waals surface area contributed by atoms with Crippen LogP contribution >= 0.6 is 0 Å². The first kappa shape index (κ1) is 17.9. The molecule has 0 radical (unpaired) electrons. The predicted molar refractivity (Wildman–Crippen MR) is 97.9 cm³/mol. The quantitative estimate of drug-likeness (QED) is 0.784. The largest absolute Gasteiger partial charge is 0.386 e. The molecule has 1 aliphatic heterocycles. The van der Waals surface area contributed by atoms with Crippen LogP contribution in [0.1, 0.15) is 11.7 Å². The van der Waals surface area contributed by atoms with E-state index in [1.54, 1.807) is 43.4 Å². The molecule has 0 saturated carbocycles. The Hall–Kier alpha value is -2.90. The first-order valence-corrected chi connectivity index (χ1v) is 8.29. The van der Waals surface area contributed by atoms with Crippen LogP contribution in [0.25, 0.3) is 0 Å². The van der Waals surface area contributed by atoms with Crippen LogP contribution in [0, 0.1) is 0 Å². The number of nitrogens with one attached hydrogen (secondary N) is 2. The number of aliphatic hydroxyl groups is 1. The maximum Gasteiger partial charge on any atom is 0.323 e. The molecule has 0 aliphatic carbocycles. The Balaban J connectivity index is 1.61. The third-order valence-corrected chi connectivity index (χ3v) is 4.31. The number of aliphatic hydroxyl groups excluding tert-OH is 1. The standard InChI is InChI=1S/C19H21N3O4/c1-22-16(11-26-12-17(22)23)18(24)13-7-9-15(10-8-13)21-19(25)20-14-5-3-2-4-6-14/h2-10,16,18,24H,11-12H2,1H3,(H2,20,21,25). The first-order valence-electron chi connectivity index (χ1n) is 8.29. The predicted octanol–water partition coefficient (Wildman–Crippen LogP) is 2.22. The Morgan fingerprint density at radius 2 is 1.73 bits per heavy atom. The normalized spacial score (nSPS) is 18.3. The van der Waals surface area contributed by atoms with Crippen LogP contribution < -0.4 is 10.6 Å². The molecule has 26 heavy (non-hydrogen) atoms. The van der Waals surface area contributed by atoms with Crippen LogP contribution in [0.5, 0.6) is 0 Å². The van der Waals surface area contributed by atoms with Crippen molar-refractivity contribution in [3.05, 3.63) is 60.2 Å². The summed E-state index contributed by atoms with van der Waals surface area (Å²) in [6.45, 7) is 0.321. The highest BCUT2D eigenvalue weighted by Gasteiger charge is 2.32. The molecule has 7 nitrogen and oxygen atoms in total. The molecule has 2 unspecified atom stereocenters. The third kappa shape index (κ3) is 4.19. The third-order valence-electron chi connectivity index (χ3n) is 4.31. The van der Waals surface area contributed by atoms with E-state index in [4.69, 9.17) is 4.74 Å². The van der Waals surface area contributed by atoms with Crippen molar-refractivity contribution < 1.29 is 19.4 Å². The van der Waals surface area contributed by atoms with Crippen molar-refractivity contribution in [1.82, 2.24) is 4.90 Å². The molecule has 0 bridgehead atoms. The highest BCUT2D eigenvalue weighted by Crippen LogP contribution is 2.24. The summed E-state index contributed by atoms with van der Waals surface area (Å²) in [5.74, 6) is -0.156. The number of benzene rings is 2. The fraction of sp³-hybridized carbons (Fsp3) is 0.263. The van der Waals surface area contributed by atoms with Crippen LogP contribution in [0.3, 0.4) is 0 Å². The van der Waals surface area contributed by atoms with E-state index in [1.807, 2.05) is 18.2 Å². The maximum absolute atomic E-state index is 12.0. The molecular formula is C19H21N3O4. The zero-order valence-electron chi connectivity index (χ0n) is 14.4. The molecule has 1 fully saturated rings. The summed E-state index contributed by atoms with van der Waals surface area (Å²) in [5.41, 5.74) is 1.94. The number of ether oxygens (including phenoxy) is 1. The van der Waals surface area contributed by atoms with E-state index in [-0.39, 0.29) is 25.2 Å². The number of morpholine rings is 1. The van der Waals surface area contributed by atoms with Crippen molar-refractivity contribution in [2.75, 3.05) is 30.9 Å².